The summed E-state index contributed by atoms with van der Waals surface area (Å²) in [5.74, 6) is 1.77. The molecule has 1 fully saturated rings. The molecule has 2 aromatic heterocycles. The van der Waals surface area contributed by atoms with Crippen molar-refractivity contribution in [3.63, 3.8) is 0 Å². The number of rotatable bonds is 6. The molecule has 0 spiro atoms. The maximum atomic E-state index is 12.2. The van der Waals surface area contributed by atoms with Crippen LogP contribution in [0.2, 0.25) is 0 Å². The summed E-state index contributed by atoms with van der Waals surface area (Å²) in [7, 11) is 0. The molecular formula is C19H25N3O3. The smallest absolute Gasteiger partial charge is 0.251 e. The molecule has 0 saturated carbocycles. The van der Waals surface area contributed by atoms with Crippen molar-refractivity contribution in [3.8, 4) is 0 Å². The number of aliphatic hydroxyl groups excluding tert-OH is 1. The van der Waals surface area contributed by atoms with Crippen LogP contribution in [0.25, 0.3) is 0 Å². The molecule has 2 aromatic rings. The molecule has 0 bridgehead atoms. The number of aliphatic hydroxyl groups is 1. The normalized spacial score (nSPS) is 21.2. The number of aromatic nitrogens is 1. The molecule has 6 nitrogen and oxygen atoms in total. The molecule has 1 aliphatic heterocycles. The van der Waals surface area contributed by atoms with Crippen molar-refractivity contribution in [2.75, 3.05) is 13.1 Å². The molecule has 0 unspecified atom stereocenters. The molecule has 134 valence electrons. The number of hydrogen-bond donors (Lipinski definition) is 2. The lowest BCUT2D eigenvalue weighted by molar-refractivity contribution is 0.0325. The van der Waals surface area contributed by atoms with Crippen LogP contribution < -0.4 is 5.32 Å². The summed E-state index contributed by atoms with van der Waals surface area (Å²) < 4.78 is 5.81. The topological polar surface area (TPSA) is 78.6 Å². The number of aryl methyl sites for hydroxylation is 1. The Bertz CT molecular complexity index is 686. The number of piperidine rings is 1. The van der Waals surface area contributed by atoms with E-state index in [9.17, 15) is 9.90 Å². The van der Waals surface area contributed by atoms with Gasteiger partial charge >= 0.3 is 0 Å². The van der Waals surface area contributed by atoms with Crippen LogP contribution in [0.3, 0.4) is 0 Å². The lowest BCUT2D eigenvalue weighted by atomic mass is 10.0. The van der Waals surface area contributed by atoms with E-state index in [2.05, 4.69) is 22.1 Å². The van der Waals surface area contributed by atoms with Crippen molar-refractivity contribution in [3.05, 3.63) is 53.7 Å². The largest absolute Gasteiger partial charge is 0.465 e. The third-order valence-corrected chi connectivity index (χ3v) is 4.52. The van der Waals surface area contributed by atoms with Crippen molar-refractivity contribution < 1.29 is 14.3 Å². The van der Waals surface area contributed by atoms with Gasteiger partial charge in [0.1, 0.15) is 11.5 Å². The fraction of sp³-hybridized carbons (Fsp3) is 0.474. The maximum absolute atomic E-state index is 12.2. The summed E-state index contributed by atoms with van der Waals surface area (Å²) in [5.41, 5.74) is 0.559. The molecule has 2 N–H and O–H groups in total. The average Bonchev–Trinajstić information content (AvgIpc) is 3.05. The van der Waals surface area contributed by atoms with E-state index in [1.807, 2.05) is 12.1 Å². The van der Waals surface area contributed by atoms with Gasteiger partial charge in [-0.25, -0.2) is 0 Å². The summed E-state index contributed by atoms with van der Waals surface area (Å²) in [5, 5.41) is 13.3. The molecule has 1 saturated heterocycles. The van der Waals surface area contributed by atoms with Gasteiger partial charge in [-0.05, 0) is 37.1 Å². The highest BCUT2D eigenvalue weighted by atomic mass is 16.3. The molecular weight excluding hydrogens is 318 g/mol. The zero-order chi connectivity index (χ0) is 17.6. The Morgan fingerprint density at radius 2 is 2.08 bits per heavy atom. The van der Waals surface area contributed by atoms with E-state index in [-0.39, 0.29) is 11.9 Å². The number of furan rings is 1. The van der Waals surface area contributed by atoms with E-state index >= 15 is 0 Å². The molecule has 3 heterocycles. The molecule has 1 aliphatic rings. The van der Waals surface area contributed by atoms with Gasteiger partial charge in [0.2, 0.25) is 0 Å². The summed E-state index contributed by atoms with van der Waals surface area (Å²) in [4.78, 5) is 18.3. The minimum atomic E-state index is -0.593. The summed E-state index contributed by atoms with van der Waals surface area (Å²) in [6.07, 6.45) is 5.30. The van der Waals surface area contributed by atoms with Crippen LogP contribution in [-0.2, 0) is 13.0 Å². The highest BCUT2D eigenvalue weighted by Gasteiger charge is 2.29. The number of amides is 1. The maximum Gasteiger partial charge on any atom is 0.251 e. The second-order valence-electron chi connectivity index (χ2n) is 6.53. The van der Waals surface area contributed by atoms with Crippen LogP contribution in [0, 0.1) is 0 Å². The van der Waals surface area contributed by atoms with Gasteiger partial charge in [-0.3, -0.25) is 14.7 Å². The van der Waals surface area contributed by atoms with Gasteiger partial charge < -0.3 is 14.8 Å². The van der Waals surface area contributed by atoms with E-state index < -0.39 is 6.10 Å². The van der Waals surface area contributed by atoms with Gasteiger partial charge in [0.25, 0.3) is 5.91 Å². The Labute approximate surface area is 147 Å². The van der Waals surface area contributed by atoms with Gasteiger partial charge in [0.15, 0.2) is 0 Å². The first-order chi connectivity index (χ1) is 12.2. The number of nitrogens with one attached hydrogen (secondary N) is 1. The Kier molecular flexibility index (Phi) is 5.83. The first-order valence-corrected chi connectivity index (χ1v) is 8.84. The van der Waals surface area contributed by atoms with E-state index in [1.54, 1.807) is 24.5 Å². The SMILES string of the molecule is CCCc1ccc(CN2CC[C@H](NC(=O)c3ccncc3)[C@@H](O)C2)o1. The van der Waals surface area contributed by atoms with Crippen molar-refractivity contribution in [1.29, 1.82) is 0 Å². The summed E-state index contributed by atoms with van der Waals surface area (Å²) in [6, 6.07) is 7.14. The Hall–Kier alpha value is -2.18. The fourth-order valence-electron chi connectivity index (χ4n) is 3.17. The Balaban J connectivity index is 1.51. The lowest BCUT2D eigenvalue weighted by Crippen LogP contribution is -2.53. The molecule has 0 radical (unpaired) electrons. The molecule has 1 amide bonds. The number of nitrogens with zero attached hydrogens (tertiary/aromatic N) is 2. The first kappa shape index (κ1) is 17.6. The summed E-state index contributed by atoms with van der Waals surface area (Å²) in [6.45, 7) is 4.14. The van der Waals surface area contributed by atoms with Crippen molar-refractivity contribution in [2.45, 2.75) is 44.9 Å². The third kappa shape index (κ3) is 4.67. The zero-order valence-corrected chi connectivity index (χ0v) is 14.5. The molecule has 25 heavy (non-hydrogen) atoms. The Morgan fingerprint density at radius 1 is 1.32 bits per heavy atom. The first-order valence-electron chi connectivity index (χ1n) is 8.84. The molecule has 0 aromatic carbocycles. The highest BCUT2D eigenvalue weighted by Crippen LogP contribution is 2.17. The van der Waals surface area contributed by atoms with Crippen LogP contribution in [0.5, 0.6) is 0 Å². The quantitative estimate of drug-likeness (QED) is 0.839. The molecule has 6 heteroatoms. The zero-order valence-electron chi connectivity index (χ0n) is 14.5. The second-order valence-corrected chi connectivity index (χ2v) is 6.53. The fourth-order valence-corrected chi connectivity index (χ4v) is 3.17. The standard InChI is InChI=1S/C19H25N3O3/c1-2-3-15-4-5-16(25-15)12-22-11-8-17(18(23)13-22)21-19(24)14-6-9-20-10-7-14/h4-7,9-10,17-18,23H,2-3,8,11-13H2,1H3,(H,21,24)/t17-,18-/m0/s1. The van der Waals surface area contributed by atoms with Gasteiger partial charge in [0, 0.05) is 37.5 Å². The molecule has 2 atom stereocenters. The van der Waals surface area contributed by atoms with Crippen LogP contribution in [0.1, 0.15) is 41.6 Å². The van der Waals surface area contributed by atoms with Crippen LogP contribution in [-0.4, -0.2) is 46.1 Å². The van der Waals surface area contributed by atoms with Crippen LogP contribution >= 0.6 is 0 Å². The minimum absolute atomic E-state index is 0.171. The summed E-state index contributed by atoms with van der Waals surface area (Å²) >= 11 is 0. The monoisotopic (exact) mass is 343 g/mol. The number of β-amino-alcohol motifs (C(OH)–C–C–N with tert-alkyl or cyclic N) is 1. The van der Waals surface area contributed by atoms with Crippen LogP contribution in [0.4, 0.5) is 0 Å². The predicted molar refractivity (Wildman–Crippen MR) is 94.1 cm³/mol. The van der Waals surface area contributed by atoms with E-state index in [0.717, 1.165) is 30.9 Å². The van der Waals surface area contributed by atoms with Crippen molar-refractivity contribution >= 4 is 5.91 Å². The van der Waals surface area contributed by atoms with Gasteiger partial charge in [-0.1, -0.05) is 6.92 Å². The number of carbonyl (C=O) groups is 1. The number of pyridine rings is 1. The van der Waals surface area contributed by atoms with E-state index in [1.165, 1.54) is 0 Å². The minimum Gasteiger partial charge on any atom is -0.465 e. The van der Waals surface area contributed by atoms with Crippen LogP contribution in [0.15, 0.2) is 41.1 Å². The second kappa shape index (κ2) is 8.27. The average molecular weight is 343 g/mol. The van der Waals surface area contributed by atoms with E-state index in [0.29, 0.717) is 25.1 Å². The molecule has 3 rings (SSSR count). The van der Waals surface area contributed by atoms with Gasteiger partial charge in [0.05, 0.1) is 18.7 Å². The number of hydrogen-bond acceptors (Lipinski definition) is 5. The van der Waals surface area contributed by atoms with Gasteiger partial charge in [-0.2, -0.15) is 0 Å². The van der Waals surface area contributed by atoms with E-state index in [4.69, 9.17) is 4.42 Å². The molecule has 0 aliphatic carbocycles. The number of likely N-dealkylation sites (tertiary alicyclic amines) is 1. The highest BCUT2D eigenvalue weighted by molar-refractivity contribution is 5.94. The van der Waals surface area contributed by atoms with Crippen molar-refractivity contribution in [1.82, 2.24) is 15.2 Å². The predicted octanol–water partition coefficient (Wildman–Crippen LogP) is 1.99. The Morgan fingerprint density at radius 3 is 2.80 bits per heavy atom. The van der Waals surface area contributed by atoms with Crippen molar-refractivity contribution in [2.24, 2.45) is 0 Å². The van der Waals surface area contributed by atoms with Gasteiger partial charge in [-0.15, -0.1) is 0 Å². The third-order valence-electron chi connectivity index (χ3n) is 4.52. The number of carbonyl (C=O) groups excluding carboxylic acids is 1. The lowest BCUT2D eigenvalue weighted by Gasteiger charge is -2.35.